The minimum Gasteiger partial charge on any atom is -0.388 e. The summed E-state index contributed by atoms with van der Waals surface area (Å²) in [4.78, 5) is 0. The van der Waals surface area contributed by atoms with E-state index in [2.05, 4.69) is 0 Å². The zero-order valence-electron chi connectivity index (χ0n) is 12.1. The van der Waals surface area contributed by atoms with Gasteiger partial charge in [0, 0.05) is 12.2 Å². The Morgan fingerprint density at radius 3 is 2.85 bits per heavy atom. The van der Waals surface area contributed by atoms with Crippen molar-refractivity contribution >= 4 is 0 Å². The van der Waals surface area contributed by atoms with Gasteiger partial charge in [-0.05, 0) is 44.6 Å². The maximum Gasteiger partial charge on any atom is 0.129 e. The minimum atomic E-state index is -0.712. The van der Waals surface area contributed by atoms with E-state index in [1.54, 1.807) is 12.1 Å². The van der Waals surface area contributed by atoms with Crippen molar-refractivity contribution in [1.82, 2.24) is 0 Å². The summed E-state index contributed by atoms with van der Waals surface area (Å²) in [5.41, 5.74) is 1.40. The van der Waals surface area contributed by atoms with Crippen LogP contribution in [0.15, 0.2) is 18.2 Å². The largest absolute Gasteiger partial charge is 0.388 e. The summed E-state index contributed by atoms with van der Waals surface area (Å²) < 4.78 is 19.9. The zero-order chi connectivity index (χ0) is 14.2. The van der Waals surface area contributed by atoms with Crippen molar-refractivity contribution in [1.29, 1.82) is 0 Å². The van der Waals surface area contributed by atoms with Gasteiger partial charge in [-0.3, -0.25) is 0 Å². The van der Waals surface area contributed by atoms with Gasteiger partial charge in [0.2, 0.25) is 0 Å². The maximum atomic E-state index is 14.0. The van der Waals surface area contributed by atoms with Crippen molar-refractivity contribution < 1.29 is 14.2 Å². The first kappa shape index (κ1) is 14.0. The van der Waals surface area contributed by atoms with Gasteiger partial charge in [-0.2, -0.15) is 0 Å². The molecule has 1 aromatic rings. The van der Waals surface area contributed by atoms with Crippen LogP contribution in [0.4, 0.5) is 4.39 Å². The van der Waals surface area contributed by atoms with E-state index < -0.39 is 6.10 Å². The number of benzene rings is 1. The molecule has 3 heteroatoms. The number of halogens is 1. The van der Waals surface area contributed by atoms with Crippen molar-refractivity contribution in [2.24, 2.45) is 5.92 Å². The first-order chi connectivity index (χ1) is 9.60. The minimum absolute atomic E-state index is 0.0375. The Kier molecular flexibility index (Phi) is 3.83. The lowest BCUT2D eigenvalue weighted by molar-refractivity contribution is -0.113. The van der Waals surface area contributed by atoms with Gasteiger partial charge < -0.3 is 9.84 Å². The summed E-state index contributed by atoms with van der Waals surface area (Å²) in [7, 11) is 0. The number of ether oxygens (including phenoxy) is 1. The fraction of sp³-hybridized carbons (Fsp3) is 0.647. The van der Waals surface area contributed by atoms with Gasteiger partial charge in [0.05, 0.1) is 11.7 Å². The van der Waals surface area contributed by atoms with Crippen molar-refractivity contribution in [3.05, 3.63) is 35.1 Å². The number of aliphatic hydroxyl groups is 1. The molecule has 1 aromatic carbocycles. The lowest BCUT2D eigenvalue weighted by atomic mass is 9.79. The molecule has 2 atom stereocenters. The fourth-order valence-electron chi connectivity index (χ4n) is 3.85. The van der Waals surface area contributed by atoms with Gasteiger partial charge in [-0.25, -0.2) is 4.39 Å². The molecule has 0 radical (unpaired) electrons. The Hall–Kier alpha value is -0.930. The Labute approximate surface area is 120 Å². The lowest BCUT2D eigenvalue weighted by Crippen LogP contribution is -2.39. The van der Waals surface area contributed by atoms with Gasteiger partial charge in [0.25, 0.3) is 0 Å². The first-order valence-electron chi connectivity index (χ1n) is 7.68. The monoisotopic (exact) mass is 278 g/mol. The average Bonchev–Trinajstić information content (AvgIpc) is 2.88. The Morgan fingerprint density at radius 2 is 2.10 bits per heavy atom. The second kappa shape index (κ2) is 5.45. The summed E-state index contributed by atoms with van der Waals surface area (Å²) in [6, 6.07) is 4.98. The van der Waals surface area contributed by atoms with Crippen LogP contribution < -0.4 is 0 Å². The van der Waals surface area contributed by atoms with E-state index in [1.807, 2.05) is 6.92 Å². The molecule has 20 heavy (non-hydrogen) atoms. The van der Waals surface area contributed by atoms with E-state index in [0.29, 0.717) is 12.2 Å². The van der Waals surface area contributed by atoms with Crippen LogP contribution in [0, 0.1) is 18.7 Å². The topological polar surface area (TPSA) is 29.5 Å². The molecular weight excluding hydrogens is 255 g/mol. The Balaban J connectivity index is 1.79. The molecule has 0 amide bonds. The van der Waals surface area contributed by atoms with Crippen molar-refractivity contribution in [3.8, 4) is 0 Å². The molecule has 1 saturated heterocycles. The third kappa shape index (κ3) is 2.61. The predicted octanol–water partition coefficient (Wildman–Crippen LogP) is 3.91. The molecule has 1 aliphatic heterocycles. The van der Waals surface area contributed by atoms with Crippen LogP contribution in [0.2, 0.25) is 0 Å². The molecule has 1 heterocycles. The van der Waals surface area contributed by atoms with Crippen LogP contribution in [0.5, 0.6) is 0 Å². The Morgan fingerprint density at radius 1 is 1.35 bits per heavy atom. The van der Waals surface area contributed by atoms with Crippen molar-refractivity contribution in [3.63, 3.8) is 0 Å². The molecule has 2 nitrogen and oxygen atoms in total. The number of hydrogen-bond donors (Lipinski definition) is 1. The molecule has 1 saturated carbocycles. The van der Waals surface area contributed by atoms with Gasteiger partial charge in [-0.1, -0.05) is 30.5 Å². The Bertz CT molecular complexity index is 480. The highest BCUT2D eigenvalue weighted by Gasteiger charge is 2.42. The predicted molar refractivity (Wildman–Crippen MR) is 76.0 cm³/mol. The fourth-order valence-corrected chi connectivity index (χ4v) is 3.85. The normalized spacial score (nSPS) is 26.9. The van der Waals surface area contributed by atoms with E-state index in [1.165, 1.54) is 18.9 Å². The molecule has 0 aromatic heterocycles. The average molecular weight is 278 g/mol. The van der Waals surface area contributed by atoms with Gasteiger partial charge >= 0.3 is 0 Å². The molecule has 3 rings (SSSR count). The third-order valence-electron chi connectivity index (χ3n) is 4.96. The lowest BCUT2D eigenvalue weighted by Gasteiger charge is -2.40. The summed E-state index contributed by atoms with van der Waals surface area (Å²) in [6.07, 6.45) is 5.57. The van der Waals surface area contributed by atoms with Crippen LogP contribution in [0.3, 0.4) is 0 Å². The molecule has 2 fully saturated rings. The summed E-state index contributed by atoms with van der Waals surface area (Å²) in [6.45, 7) is 2.62. The maximum absolute atomic E-state index is 14.0. The molecule has 1 spiro atoms. The molecule has 2 aliphatic rings. The van der Waals surface area contributed by atoms with Crippen molar-refractivity contribution in [2.45, 2.75) is 57.2 Å². The molecule has 1 aliphatic carbocycles. The van der Waals surface area contributed by atoms with Crippen LogP contribution in [-0.4, -0.2) is 17.3 Å². The van der Waals surface area contributed by atoms with Crippen molar-refractivity contribution in [2.75, 3.05) is 6.61 Å². The highest BCUT2D eigenvalue weighted by Crippen LogP contribution is 2.45. The molecular formula is C17H23FO2. The van der Waals surface area contributed by atoms with Crippen LogP contribution in [0.25, 0.3) is 0 Å². The zero-order valence-corrected chi connectivity index (χ0v) is 12.1. The van der Waals surface area contributed by atoms with E-state index >= 15 is 0 Å². The van der Waals surface area contributed by atoms with E-state index in [-0.39, 0.29) is 17.3 Å². The van der Waals surface area contributed by atoms with E-state index in [9.17, 15) is 9.50 Å². The standard InChI is InChI=1S/C17H23FO2/c1-12-4-5-15(18)14(10-12)16(19)13-6-9-20-17(11-13)7-2-3-8-17/h4-5,10,13,16,19H,2-3,6-9,11H2,1H3. The van der Waals surface area contributed by atoms with Gasteiger partial charge in [-0.15, -0.1) is 0 Å². The quantitative estimate of drug-likeness (QED) is 0.889. The van der Waals surface area contributed by atoms with Gasteiger partial charge in [0.15, 0.2) is 0 Å². The second-order valence-electron chi connectivity index (χ2n) is 6.46. The highest BCUT2D eigenvalue weighted by molar-refractivity contribution is 5.26. The second-order valence-corrected chi connectivity index (χ2v) is 6.46. The number of hydrogen-bond acceptors (Lipinski definition) is 2. The van der Waals surface area contributed by atoms with E-state index in [4.69, 9.17) is 4.74 Å². The highest BCUT2D eigenvalue weighted by atomic mass is 19.1. The van der Waals surface area contributed by atoms with Gasteiger partial charge in [0.1, 0.15) is 5.82 Å². The number of rotatable bonds is 2. The molecule has 0 bridgehead atoms. The SMILES string of the molecule is Cc1ccc(F)c(C(O)C2CCOC3(CCCC3)C2)c1. The van der Waals surface area contributed by atoms with Crippen LogP contribution in [-0.2, 0) is 4.74 Å². The molecule has 1 N–H and O–H groups in total. The summed E-state index contributed by atoms with van der Waals surface area (Å²) >= 11 is 0. The number of aliphatic hydroxyl groups excluding tert-OH is 1. The van der Waals surface area contributed by atoms with Crippen LogP contribution in [0.1, 0.15) is 55.8 Å². The smallest absolute Gasteiger partial charge is 0.129 e. The van der Waals surface area contributed by atoms with Crippen LogP contribution >= 0.6 is 0 Å². The molecule has 110 valence electrons. The summed E-state index contributed by atoms with van der Waals surface area (Å²) in [5.74, 6) is -0.187. The summed E-state index contributed by atoms with van der Waals surface area (Å²) in [5, 5.41) is 10.6. The number of aryl methyl sites for hydroxylation is 1. The molecule has 2 unspecified atom stereocenters. The third-order valence-corrected chi connectivity index (χ3v) is 4.96. The van der Waals surface area contributed by atoms with E-state index in [0.717, 1.165) is 31.2 Å². The first-order valence-corrected chi connectivity index (χ1v) is 7.68.